The molecule has 0 aliphatic rings. The van der Waals surface area contributed by atoms with Gasteiger partial charge in [0.1, 0.15) is 6.61 Å². The highest BCUT2D eigenvalue weighted by Crippen LogP contribution is 2.13. The molecule has 0 amide bonds. The second-order valence-corrected chi connectivity index (χ2v) is 5.55. The number of rotatable bonds is 5. The zero-order valence-corrected chi connectivity index (χ0v) is 12.5. The molecule has 0 aliphatic heterocycles. The minimum Gasteiger partial charge on any atom is -0.384 e. The molecule has 1 unspecified atom stereocenters. The van der Waals surface area contributed by atoms with Crippen LogP contribution in [0.25, 0.3) is 0 Å². The van der Waals surface area contributed by atoms with Gasteiger partial charge in [0.2, 0.25) is 0 Å². The standard InChI is InChI=1S/C17H25NO/c1-14(2)11-15(3)18(4)13-17-8-5-7-16(12-17)9-6-10-19/h5,7-8,12,14-15,19H,10-11,13H2,1-4H3. The molecule has 1 rings (SSSR count). The van der Waals surface area contributed by atoms with Gasteiger partial charge in [0.05, 0.1) is 0 Å². The maximum absolute atomic E-state index is 8.72. The van der Waals surface area contributed by atoms with Crippen molar-refractivity contribution in [2.24, 2.45) is 5.92 Å². The lowest BCUT2D eigenvalue weighted by molar-refractivity contribution is 0.220. The fourth-order valence-corrected chi connectivity index (χ4v) is 2.20. The molecule has 0 saturated carbocycles. The minimum atomic E-state index is -0.0877. The maximum atomic E-state index is 8.72. The molecule has 1 aromatic carbocycles. The zero-order chi connectivity index (χ0) is 14.3. The van der Waals surface area contributed by atoms with Gasteiger partial charge in [-0.3, -0.25) is 4.90 Å². The summed E-state index contributed by atoms with van der Waals surface area (Å²) in [5, 5.41) is 8.72. The van der Waals surface area contributed by atoms with Crippen LogP contribution in [0.15, 0.2) is 24.3 Å². The van der Waals surface area contributed by atoms with E-state index in [2.05, 4.69) is 56.7 Å². The molecule has 0 bridgehead atoms. The van der Waals surface area contributed by atoms with E-state index in [-0.39, 0.29) is 6.61 Å². The Labute approximate surface area is 117 Å². The van der Waals surface area contributed by atoms with Crippen LogP contribution in [0, 0.1) is 17.8 Å². The number of aliphatic hydroxyl groups is 1. The molecule has 0 aromatic heterocycles. The molecule has 0 aliphatic carbocycles. The summed E-state index contributed by atoms with van der Waals surface area (Å²) in [4.78, 5) is 2.37. The van der Waals surface area contributed by atoms with E-state index in [9.17, 15) is 0 Å². The summed E-state index contributed by atoms with van der Waals surface area (Å²) in [6, 6.07) is 8.80. The summed E-state index contributed by atoms with van der Waals surface area (Å²) < 4.78 is 0. The molecule has 0 heterocycles. The van der Waals surface area contributed by atoms with Crippen LogP contribution in [-0.2, 0) is 6.54 Å². The number of nitrogens with zero attached hydrogens (tertiary/aromatic N) is 1. The Morgan fingerprint density at radius 3 is 2.63 bits per heavy atom. The third-order valence-corrected chi connectivity index (χ3v) is 3.24. The van der Waals surface area contributed by atoms with Gasteiger partial charge in [0.15, 0.2) is 0 Å². The van der Waals surface area contributed by atoms with Crippen molar-refractivity contribution < 1.29 is 5.11 Å². The summed E-state index contributed by atoms with van der Waals surface area (Å²) in [5.41, 5.74) is 2.24. The Balaban J connectivity index is 2.66. The summed E-state index contributed by atoms with van der Waals surface area (Å²) in [6.45, 7) is 7.64. The lowest BCUT2D eigenvalue weighted by atomic mass is 10.0. The van der Waals surface area contributed by atoms with Crippen LogP contribution in [0.3, 0.4) is 0 Å². The molecule has 104 valence electrons. The van der Waals surface area contributed by atoms with Crippen molar-refractivity contribution in [3.05, 3.63) is 35.4 Å². The average Bonchev–Trinajstić information content (AvgIpc) is 2.36. The average molecular weight is 259 g/mol. The third kappa shape index (κ3) is 5.92. The fraction of sp³-hybridized carbons (Fsp3) is 0.529. The molecule has 0 radical (unpaired) electrons. The lowest BCUT2D eigenvalue weighted by Crippen LogP contribution is -2.29. The first-order valence-electron chi connectivity index (χ1n) is 6.91. The zero-order valence-electron chi connectivity index (χ0n) is 12.5. The quantitative estimate of drug-likeness (QED) is 0.822. The van der Waals surface area contributed by atoms with Crippen molar-refractivity contribution >= 4 is 0 Å². The highest BCUT2D eigenvalue weighted by molar-refractivity contribution is 5.37. The van der Waals surface area contributed by atoms with Crippen LogP contribution in [0.4, 0.5) is 0 Å². The summed E-state index contributed by atoms with van der Waals surface area (Å²) in [5.74, 6) is 6.36. The van der Waals surface area contributed by atoms with Crippen LogP contribution < -0.4 is 0 Å². The molecule has 19 heavy (non-hydrogen) atoms. The van der Waals surface area contributed by atoms with E-state index in [1.54, 1.807) is 0 Å². The normalized spacial score (nSPS) is 12.4. The van der Waals surface area contributed by atoms with E-state index in [0.29, 0.717) is 6.04 Å². The summed E-state index contributed by atoms with van der Waals surface area (Å²) >= 11 is 0. The number of aliphatic hydroxyl groups excluding tert-OH is 1. The molecule has 2 nitrogen and oxygen atoms in total. The maximum Gasteiger partial charge on any atom is 0.104 e. The van der Waals surface area contributed by atoms with Gasteiger partial charge in [-0.2, -0.15) is 0 Å². The Bertz CT molecular complexity index is 442. The van der Waals surface area contributed by atoms with Crippen molar-refractivity contribution in [3.63, 3.8) is 0 Å². The van der Waals surface area contributed by atoms with Crippen molar-refractivity contribution in [2.75, 3.05) is 13.7 Å². The van der Waals surface area contributed by atoms with Gasteiger partial charge in [-0.25, -0.2) is 0 Å². The Kier molecular flexibility index (Phi) is 6.62. The lowest BCUT2D eigenvalue weighted by Gasteiger charge is -2.26. The van der Waals surface area contributed by atoms with Crippen molar-refractivity contribution in [2.45, 2.75) is 39.8 Å². The third-order valence-electron chi connectivity index (χ3n) is 3.24. The monoisotopic (exact) mass is 259 g/mol. The van der Waals surface area contributed by atoms with E-state index in [4.69, 9.17) is 5.11 Å². The largest absolute Gasteiger partial charge is 0.384 e. The predicted molar refractivity (Wildman–Crippen MR) is 80.8 cm³/mol. The van der Waals surface area contributed by atoms with E-state index in [1.807, 2.05) is 12.1 Å². The molecular weight excluding hydrogens is 234 g/mol. The van der Waals surface area contributed by atoms with Gasteiger partial charge in [-0.15, -0.1) is 0 Å². The molecule has 1 aromatic rings. The van der Waals surface area contributed by atoms with Crippen LogP contribution in [-0.4, -0.2) is 29.7 Å². The van der Waals surface area contributed by atoms with E-state index >= 15 is 0 Å². The first-order chi connectivity index (χ1) is 9.02. The fourth-order valence-electron chi connectivity index (χ4n) is 2.20. The van der Waals surface area contributed by atoms with Crippen LogP contribution >= 0.6 is 0 Å². The highest BCUT2D eigenvalue weighted by atomic mass is 16.2. The second kappa shape index (κ2) is 7.99. The van der Waals surface area contributed by atoms with E-state index in [1.165, 1.54) is 12.0 Å². The first kappa shape index (κ1) is 15.8. The Morgan fingerprint density at radius 2 is 2.00 bits per heavy atom. The number of benzene rings is 1. The van der Waals surface area contributed by atoms with E-state index in [0.717, 1.165) is 18.0 Å². The summed E-state index contributed by atoms with van der Waals surface area (Å²) in [6.07, 6.45) is 1.21. The summed E-state index contributed by atoms with van der Waals surface area (Å²) in [7, 11) is 2.17. The molecule has 1 atom stereocenters. The molecule has 0 fully saturated rings. The van der Waals surface area contributed by atoms with Gasteiger partial charge in [-0.05, 0) is 44.0 Å². The van der Waals surface area contributed by atoms with Crippen LogP contribution in [0.5, 0.6) is 0 Å². The SMILES string of the molecule is CC(C)CC(C)N(C)Cc1cccc(C#CCO)c1. The highest BCUT2D eigenvalue weighted by Gasteiger charge is 2.11. The van der Waals surface area contributed by atoms with E-state index < -0.39 is 0 Å². The van der Waals surface area contributed by atoms with Gasteiger partial charge in [0, 0.05) is 18.2 Å². The number of hydrogen-bond acceptors (Lipinski definition) is 2. The van der Waals surface area contributed by atoms with Crippen LogP contribution in [0.1, 0.15) is 38.3 Å². The van der Waals surface area contributed by atoms with Gasteiger partial charge < -0.3 is 5.11 Å². The molecule has 0 saturated heterocycles. The second-order valence-electron chi connectivity index (χ2n) is 5.55. The molecular formula is C17H25NO. The molecule has 0 spiro atoms. The number of hydrogen-bond donors (Lipinski definition) is 1. The topological polar surface area (TPSA) is 23.5 Å². The molecule has 2 heteroatoms. The van der Waals surface area contributed by atoms with Crippen molar-refractivity contribution in [1.29, 1.82) is 0 Å². The van der Waals surface area contributed by atoms with Crippen molar-refractivity contribution in [3.8, 4) is 11.8 Å². The predicted octanol–water partition coefficient (Wildman–Crippen LogP) is 2.90. The van der Waals surface area contributed by atoms with Crippen molar-refractivity contribution in [1.82, 2.24) is 4.90 Å². The Hall–Kier alpha value is -1.30. The van der Waals surface area contributed by atoms with Crippen LogP contribution in [0.2, 0.25) is 0 Å². The Morgan fingerprint density at radius 1 is 1.26 bits per heavy atom. The van der Waals surface area contributed by atoms with Gasteiger partial charge in [-0.1, -0.05) is 37.8 Å². The molecule has 1 N–H and O–H groups in total. The van der Waals surface area contributed by atoms with Gasteiger partial charge >= 0.3 is 0 Å². The smallest absolute Gasteiger partial charge is 0.104 e. The van der Waals surface area contributed by atoms with Gasteiger partial charge in [0.25, 0.3) is 0 Å². The minimum absolute atomic E-state index is 0.0877. The first-order valence-corrected chi connectivity index (χ1v) is 6.91.